The van der Waals surface area contributed by atoms with Gasteiger partial charge in [0.05, 0.1) is 25.3 Å². The summed E-state index contributed by atoms with van der Waals surface area (Å²) in [6, 6.07) is 10.4. The van der Waals surface area contributed by atoms with Crippen molar-refractivity contribution >= 4 is 17.4 Å². The lowest BCUT2D eigenvalue weighted by atomic mass is 9.93. The lowest BCUT2D eigenvalue weighted by Gasteiger charge is -2.26. The summed E-state index contributed by atoms with van der Waals surface area (Å²) in [5.41, 5.74) is 3.11. The SMILES string of the molecule is COc1cc(C2/C(=C(\O)c3cc(C)ccc3C)C(=O)C(=O)N2CCCN(C)C)ccc1OCCC(C)C. The number of ketones is 1. The monoisotopic (exact) mass is 508 g/mol. The number of aliphatic hydroxyl groups excluding tert-OH is 1. The number of aryl methyl sites for hydroxylation is 2. The van der Waals surface area contributed by atoms with E-state index in [1.165, 1.54) is 0 Å². The lowest BCUT2D eigenvalue weighted by molar-refractivity contribution is -0.139. The molecule has 7 heteroatoms. The highest BCUT2D eigenvalue weighted by Crippen LogP contribution is 2.42. The van der Waals surface area contributed by atoms with Crippen LogP contribution in [0.1, 0.15) is 55.0 Å². The van der Waals surface area contributed by atoms with Gasteiger partial charge in [-0.3, -0.25) is 9.59 Å². The second-order valence-electron chi connectivity index (χ2n) is 10.4. The van der Waals surface area contributed by atoms with Gasteiger partial charge < -0.3 is 24.4 Å². The van der Waals surface area contributed by atoms with Crippen molar-refractivity contribution in [2.45, 2.75) is 46.6 Å². The molecular weight excluding hydrogens is 468 g/mol. The topological polar surface area (TPSA) is 79.3 Å². The summed E-state index contributed by atoms with van der Waals surface area (Å²) in [6.45, 7) is 9.78. The number of likely N-dealkylation sites (tertiary alicyclic amines) is 1. The van der Waals surface area contributed by atoms with Crippen molar-refractivity contribution in [2.75, 3.05) is 40.9 Å². The molecular formula is C30H40N2O5. The first-order valence-corrected chi connectivity index (χ1v) is 12.9. The molecule has 1 fully saturated rings. The van der Waals surface area contributed by atoms with Gasteiger partial charge in [0, 0.05) is 12.1 Å². The minimum absolute atomic E-state index is 0.0964. The molecule has 1 heterocycles. The maximum absolute atomic E-state index is 13.4. The molecule has 0 aromatic heterocycles. The fourth-order valence-corrected chi connectivity index (χ4v) is 4.53. The van der Waals surface area contributed by atoms with Crippen LogP contribution in [0.2, 0.25) is 0 Å². The first-order valence-electron chi connectivity index (χ1n) is 12.9. The molecule has 2 aromatic carbocycles. The summed E-state index contributed by atoms with van der Waals surface area (Å²) < 4.78 is 11.6. The lowest BCUT2D eigenvalue weighted by Crippen LogP contribution is -2.32. The number of amides is 1. The average Bonchev–Trinajstić information content (AvgIpc) is 3.10. The largest absolute Gasteiger partial charge is 0.507 e. The summed E-state index contributed by atoms with van der Waals surface area (Å²) in [5, 5.41) is 11.4. The highest BCUT2D eigenvalue weighted by atomic mass is 16.5. The Morgan fingerprint density at radius 2 is 1.81 bits per heavy atom. The van der Waals surface area contributed by atoms with Crippen LogP contribution in [-0.4, -0.2) is 67.5 Å². The average molecular weight is 509 g/mol. The van der Waals surface area contributed by atoms with Crippen molar-refractivity contribution < 1.29 is 24.2 Å². The van der Waals surface area contributed by atoms with Crippen molar-refractivity contribution in [3.63, 3.8) is 0 Å². The molecule has 1 atom stereocenters. The van der Waals surface area contributed by atoms with Crippen molar-refractivity contribution in [3.8, 4) is 11.5 Å². The predicted octanol–water partition coefficient (Wildman–Crippen LogP) is 5.11. The quantitative estimate of drug-likeness (QED) is 0.258. The number of hydrogen-bond acceptors (Lipinski definition) is 6. The van der Waals surface area contributed by atoms with Crippen LogP contribution in [0.15, 0.2) is 42.0 Å². The number of methoxy groups -OCH3 is 1. The Hall–Kier alpha value is -3.32. The fraction of sp³-hybridized carbons (Fsp3) is 0.467. The maximum atomic E-state index is 13.4. The normalized spacial score (nSPS) is 17.2. The summed E-state index contributed by atoms with van der Waals surface area (Å²) in [4.78, 5) is 30.2. The molecule has 0 bridgehead atoms. The molecule has 0 spiro atoms. The standard InChI is InChI=1S/C30H40N2O5/c1-19(2)13-16-37-24-12-11-22(18-25(24)36-7)27-26(28(33)23-17-20(3)9-10-21(23)4)29(34)30(35)32(27)15-8-14-31(5)6/h9-12,17-19,27,33H,8,13-16H2,1-7H3/b28-26+. The molecule has 1 N–H and O–H groups in total. The van der Waals surface area contributed by atoms with Gasteiger partial charge in [-0.05, 0) is 82.6 Å². The second kappa shape index (κ2) is 12.3. The van der Waals surface area contributed by atoms with E-state index in [0.717, 1.165) is 24.1 Å². The van der Waals surface area contributed by atoms with E-state index in [4.69, 9.17) is 9.47 Å². The zero-order valence-electron chi connectivity index (χ0n) is 23.1. The predicted molar refractivity (Wildman–Crippen MR) is 146 cm³/mol. The van der Waals surface area contributed by atoms with Crippen molar-refractivity contribution in [1.29, 1.82) is 0 Å². The van der Waals surface area contributed by atoms with Crippen molar-refractivity contribution in [2.24, 2.45) is 5.92 Å². The van der Waals surface area contributed by atoms with Crippen LogP contribution in [0.5, 0.6) is 11.5 Å². The number of rotatable bonds is 11. The fourth-order valence-electron chi connectivity index (χ4n) is 4.53. The smallest absolute Gasteiger partial charge is 0.295 e. The molecule has 1 unspecified atom stereocenters. The van der Waals surface area contributed by atoms with E-state index in [9.17, 15) is 14.7 Å². The minimum Gasteiger partial charge on any atom is -0.507 e. The first-order chi connectivity index (χ1) is 17.5. The van der Waals surface area contributed by atoms with Gasteiger partial charge in [-0.15, -0.1) is 0 Å². The van der Waals surface area contributed by atoms with Crippen LogP contribution >= 0.6 is 0 Å². The highest BCUT2D eigenvalue weighted by Gasteiger charge is 2.46. The Morgan fingerprint density at radius 3 is 2.46 bits per heavy atom. The van der Waals surface area contributed by atoms with Gasteiger partial charge in [-0.1, -0.05) is 37.6 Å². The zero-order chi connectivity index (χ0) is 27.3. The van der Waals surface area contributed by atoms with Crippen LogP contribution in [-0.2, 0) is 9.59 Å². The number of carbonyl (C=O) groups excluding carboxylic acids is 2. The molecule has 0 saturated carbocycles. The Morgan fingerprint density at radius 1 is 1.08 bits per heavy atom. The van der Waals surface area contributed by atoms with Gasteiger partial charge in [-0.25, -0.2) is 0 Å². The Labute approximate surface area is 220 Å². The van der Waals surface area contributed by atoms with Crippen LogP contribution in [0.4, 0.5) is 0 Å². The van der Waals surface area contributed by atoms with E-state index in [0.29, 0.717) is 48.1 Å². The molecule has 1 aliphatic heterocycles. The van der Waals surface area contributed by atoms with E-state index in [-0.39, 0.29) is 11.3 Å². The van der Waals surface area contributed by atoms with Gasteiger partial charge in [0.1, 0.15) is 5.76 Å². The Bertz CT molecular complexity index is 1170. The van der Waals surface area contributed by atoms with E-state index in [1.807, 2.05) is 63.2 Å². The van der Waals surface area contributed by atoms with Gasteiger partial charge in [0.2, 0.25) is 0 Å². The number of hydrogen-bond donors (Lipinski definition) is 1. The summed E-state index contributed by atoms with van der Waals surface area (Å²) >= 11 is 0. The minimum atomic E-state index is -0.735. The molecule has 1 aliphatic rings. The summed E-state index contributed by atoms with van der Waals surface area (Å²) in [5.74, 6) is 0.197. The van der Waals surface area contributed by atoms with Crippen LogP contribution in [0.25, 0.3) is 5.76 Å². The molecule has 37 heavy (non-hydrogen) atoms. The van der Waals surface area contributed by atoms with E-state index in [1.54, 1.807) is 18.1 Å². The van der Waals surface area contributed by atoms with Crippen LogP contribution in [0, 0.1) is 19.8 Å². The molecule has 1 amide bonds. The van der Waals surface area contributed by atoms with Crippen molar-refractivity contribution in [1.82, 2.24) is 9.80 Å². The zero-order valence-corrected chi connectivity index (χ0v) is 23.1. The van der Waals surface area contributed by atoms with Gasteiger partial charge in [-0.2, -0.15) is 0 Å². The number of aliphatic hydroxyl groups is 1. The third kappa shape index (κ3) is 6.52. The van der Waals surface area contributed by atoms with Crippen LogP contribution in [0.3, 0.4) is 0 Å². The number of benzene rings is 2. The van der Waals surface area contributed by atoms with E-state index < -0.39 is 17.7 Å². The Balaban J connectivity index is 2.11. The molecule has 7 nitrogen and oxygen atoms in total. The molecule has 2 aromatic rings. The third-order valence-electron chi connectivity index (χ3n) is 6.65. The van der Waals surface area contributed by atoms with E-state index in [2.05, 4.69) is 13.8 Å². The van der Waals surface area contributed by atoms with Gasteiger partial charge in [0.25, 0.3) is 11.7 Å². The maximum Gasteiger partial charge on any atom is 0.295 e. The molecule has 3 rings (SSSR count). The van der Waals surface area contributed by atoms with E-state index >= 15 is 0 Å². The highest BCUT2D eigenvalue weighted by molar-refractivity contribution is 6.46. The van der Waals surface area contributed by atoms with Crippen LogP contribution < -0.4 is 9.47 Å². The molecule has 200 valence electrons. The molecule has 1 saturated heterocycles. The summed E-state index contributed by atoms with van der Waals surface area (Å²) in [6.07, 6.45) is 1.60. The van der Waals surface area contributed by atoms with Gasteiger partial charge in [0.15, 0.2) is 11.5 Å². The third-order valence-corrected chi connectivity index (χ3v) is 6.65. The second-order valence-corrected chi connectivity index (χ2v) is 10.4. The number of nitrogens with zero attached hydrogens (tertiary/aromatic N) is 2. The van der Waals surface area contributed by atoms with Crippen molar-refractivity contribution in [3.05, 3.63) is 64.2 Å². The molecule has 0 aliphatic carbocycles. The first kappa shape index (κ1) is 28.3. The number of Topliss-reactive ketones (excluding diaryl/α,β-unsaturated/α-hetero) is 1. The number of ether oxygens (including phenoxy) is 2. The number of carbonyl (C=O) groups is 2. The molecule has 0 radical (unpaired) electrons. The van der Waals surface area contributed by atoms with Gasteiger partial charge >= 0.3 is 0 Å². The Kier molecular flexibility index (Phi) is 9.38. The summed E-state index contributed by atoms with van der Waals surface area (Å²) in [7, 11) is 5.50.